The summed E-state index contributed by atoms with van der Waals surface area (Å²) in [4.78, 5) is 18.3. The molecule has 120 valence electrons. The number of amides is 2. The molecule has 5 nitrogen and oxygen atoms in total. The summed E-state index contributed by atoms with van der Waals surface area (Å²) in [5, 5.41) is 5.78. The van der Waals surface area contributed by atoms with Crippen LogP contribution in [0.3, 0.4) is 0 Å². The highest BCUT2D eigenvalue weighted by atomic mass is 16.2. The lowest BCUT2D eigenvalue weighted by atomic mass is 10.0. The van der Waals surface area contributed by atoms with Crippen molar-refractivity contribution in [3.05, 3.63) is 36.0 Å². The Hall–Kier alpha value is -1.88. The fourth-order valence-corrected chi connectivity index (χ4v) is 2.65. The van der Waals surface area contributed by atoms with Crippen LogP contribution in [-0.2, 0) is 6.54 Å². The SMILES string of the molecule is CN(C)Cc1ccnc(NC(=O)NCC2CCC=CCC2)c1. The molecule has 2 N–H and O–H groups in total. The van der Waals surface area contributed by atoms with Gasteiger partial charge in [-0.15, -0.1) is 0 Å². The average Bonchev–Trinajstić information content (AvgIpc) is 2.73. The summed E-state index contributed by atoms with van der Waals surface area (Å²) in [6.45, 7) is 1.55. The van der Waals surface area contributed by atoms with Crippen LogP contribution in [0.4, 0.5) is 10.6 Å². The summed E-state index contributed by atoms with van der Waals surface area (Å²) in [7, 11) is 4.03. The molecule has 1 aromatic heterocycles. The van der Waals surface area contributed by atoms with Crippen molar-refractivity contribution in [1.82, 2.24) is 15.2 Å². The molecule has 1 heterocycles. The van der Waals surface area contributed by atoms with Crippen LogP contribution in [-0.4, -0.2) is 36.6 Å². The first kappa shape index (κ1) is 16.5. The maximum atomic E-state index is 12.0. The zero-order valence-electron chi connectivity index (χ0n) is 13.5. The second-order valence-corrected chi connectivity index (χ2v) is 6.11. The maximum Gasteiger partial charge on any atom is 0.320 e. The van der Waals surface area contributed by atoms with E-state index in [-0.39, 0.29) is 6.03 Å². The highest BCUT2D eigenvalue weighted by molar-refractivity contribution is 5.88. The van der Waals surface area contributed by atoms with Gasteiger partial charge in [-0.05, 0) is 63.4 Å². The van der Waals surface area contributed by atoms with Gasteiger partial charge in [0, 0.05) is 19.3 Å². The highest BCUT2D eigenvalue weighted by Crippen LogP contribution is 2.17. The smallest absolute Gasteiger partial charge is 0.320 e. The fourth-order valence-electron chi connectivity index (χ4n) is 2.65. The Morgan fingerprint density at radius 2 is 2.05 bits per heavy atom. The number of carbonyl (C=O) groups is 1. The van der Waals surface area contributed by atoms with Gasteiger partial charge in [0.1, 0.15) is 5.82 Å². The average molecular weight is 302 g/mol. The van der Waals surface area contributed by atoms with Crippen molar-refractivity contribution in [2.75, 3.05) is 26.0 Å². The van der Waals surface area contributed by atoms with Crippen molar-refractivity contribution >= 4 is 11.8 Å². The van der Waals surface area contributed by atoms with Crippen molar-refractivity contribution in [3.63, 3.8) is 0 Å². The van der Waals surface area contributed by atoms with E-state index < -0.39 is 0 Å². The van der Waals surface area contributed by atoms with Crippen molar-refractivity contribution in [3.8, 4) is 0 Å². The van der Waals surface area contributed by atoms with Crippen LogP contribution < -0.4 is 10.6 Å². The minimum Gasteiger partial charge on any atom is -0.338 e. The minimum atomic E-state index is -0.174. The maximum absolute atomic E-state index is 12.0. The molecule has 22 heavy (non-hydrogen) atoms. The summed E-state index contributed by atoms with van der Waals surface area (Å²) in [5.41, 5.74) is 1.13. The van der Waals surface area contributed by atoms with Crippen LogP contribution in [0.5, 0.6) is 0 Å². The number of allylic oxidation sites excluding steroid dienone is 2. The molecule has 0 bridgehead atoms. The minimum absolute atomic E-state index is 0.174. The molecule has 0 radical (unpaired) electrons. The fraction of sp³-hybridized carbons (Fsp3) is 0.529. The molecule has 0 unspecified atom stereocenters. The number of pyridine rings is 1. The molecule has 0 saturated heterocycles. The first-order valence-electron chi connectivity index (χ1n) is 7.93. The van der Waals surface area contributed by atoms with Gasteiger partial charge < -0.3 is 10.2 Å². The van der Waals surface area contributed by atoms with Crippen LogP contribution in [0.1, 0.15) is 31.2 Å². The van der Waals surface area contributed by atoms with Gasteiger partial charge in [0.15, 0.2) is 0 Å². The molecule has 0 aliphatic heterocycles. The van der Waals surface area contributed by atoms with Crippen LogP contribution >= 0.6 is 0 Å². The lowest BCUT2D eigenvalue weighted by molar-refractivity contribution is 0.249. The molecule has 0 saturated carbocycles. The van der Waals surface area contributed by atoms with Crippen LogP contribution in [0.15, 0.2) is 30.5 Å². The molecule has 1 aromatic rings. The van der Waals surface area contributed by atoms with Gasteiger partial charge in [0.2, 0.25) is 0 Å². The second kappa shape index (κ2) is 8.54. The molecule has 0 fully saturated rings. The molecule has 1 aliphatic rings. The summed E-state index contributed by atoms with van der Waals surface area (Å²) in [6.07, 6.45) is 10.7. The van der Waals surface area contributed by atoms with Gasteiger partial charge in [0.05, 0.1) is 0 Å². The Bertz CT molecular complexity index is 503. The van der Waals surface area contributed by atoms with E-state index in [1.165, 1.54) is 0 Å². The monoisotopic (exact) mass is 302 g/mol. The van der Waals surface area contributed by atoms with Crippen molar-refractivity contribution < 1.29 is 4.79 Å². The Balaban J connectivity index is 1.79. The largest absolute Gasteiger partial charge is 0.338 e. The van der Waals surface area contributed by atoms with E-state index in [1.54, 1.807) is 6.20 Å². The number of anilines is 1. The summed E-state index contributed by atoms with van der Waals surface area (Å²) < 4.78 is 0. The predicted molar refractivity (Wildman–Crippen MR) is 89.7 cm³/mol. The first-order valence-corrected chi connectivity index (χ1v) is 7.93. The standard InChI is InChI=1S/C17H26N4O/c1-21(2)13-15-9-10-18-16(11-15)20-17(22)19-12-14-7-5-3-4-6-8-14/h3-4,9-11,14H,5-8,12-13H2,1-2H3,(H2,18,19,20,22). The topological polar surface area (TPSA) is 57.3 Å². The molecular formula is C17H26N4O. The van der Waals surface area contributed by atoms with Gasteiger partial charge in [-0.3, -0.25) is 5.32 Å². The molecule has 5 heteroatoms. The number of hydrogen-bond acceptors (Lipinski definition) is 3. The molecule has 1 aliphatic carbocycles. The van der Waals surface area contributed by atoms with E-state index in [1.807, 2.05) is 26.2 Å². The number of nitrogens with zero attached hydrogens (tertiary/aromatic N) is 2. The molecule has 0 aromatic carbocycles. The lowest BCUT2D eigenvalue weighted by Gasteiger charge is -2.15. The van der Waals surface area contributed by atoms with Crippen molar-refractivity contribution in [2.24, 2.45) is 5.92 Å². The third-order valence-corrected chi connectivity index (χ3v) is 3.77. The quantitative estimate of drug-likeness (QED) is 0.822. The summed E-state index contributed by atoms with van der Waals surface area (Å²) in [6, 6.07) is 3.70. The van der Waals surface area contributed by atoms with Gasteiger partial charge in [-0.25, -0.2) is 9.78 Å². The Labute approximate surface area is 132 Å². The first-order chi connectivity index (χ1) is 10.6. The normalized spacial score (nSPS) is 15.6. The lowest BCUT2D eigenvalue weighted by Crippen LogP contribution is -2.33. The molecule has 0 spiro atoms. The summed E-state index contributed by atoms with van der Waals surface area (Å²) in [5.74, 6) is 1.16. The highest BCUT2D eigenvalue weighted by Gasteiger charge is 2.11. The zero-order chi connectivity index (χ0) is 15.8. The van der Waals surface area contributed by atoms with E-state index in [0.29, 0.717) is 11.7 Å². The number of hydrogen-bond donors (Lipinski definition) is 2. The van der Waals surface area contributed by atoms with Crippen LogP contribution in [0.25, 0.3) is 0 Å². The molecule has 2 rings (SSSR count). The van der Waals surface area contributed by atoms with E-state index in [0.717, 1.165) is 44.3 Å². The Morgan fingerprint density at radius 3 is 2.73 bits per heavy atom. The molecular weight excluding hydrogens is 276 g/mol. The number of nitrogens with one attached hydrogen (secondary N) is 2. The van der Waals surface area contributed by atoms with Crippen molar-refractivity contribution in [2.45, 2.75) is 32.2 Å². The summed E-state index contributed by atoms with van der Waals surface area (Å²) >= 11 is 0. The number of urea groups is 1. The van der Waals surface area contributed by atoms with Crippen LogP contribution in [0.2, 0.25) is 0 Å². The van der Waals surface area contributed by atoms with Gasteiger partial charge in [-0.1, -0.05) is 12.2 Å². The molecule has 0 atom stereocenters. The van der Waals surface area contributed by atoms with E-state index >= 15 is 0 Å². The van der Waals surface area contributed by atoms with Gasteiger partial charge in [0.25, 0.3) is 0 Å². The second-order valence-electron chi connectivity index (χ2n) is 6.11. The number of rotatable bonds is 5. The van der Waals surface area contributed by atoms with E-state index in [9.17, 15) is 4.79 Å². The third kappa shape index (κ3) is 5.85. The third-order valence-electron chi connectivity index (χ3n) is 3.77. The van der Waals surface area contributed by atoms with E-state index in [4.69, 9.17) is 0 Å². The number of aromatic nitrogens is 1. The van der Waals surface area contributed by atoms with Gasteiger partial charge in [-0.2, -0.15) is 0 Å². The Morgan fingerprint density at radius 1 is 1.32 bits per heavy atom. The van der Waals surface area contributed by atoms with Crippen molar-refractivity contribution in [1.29, 1.82) is 0 Å². The zero-order valence-corrected chi connectivity index (χ0v) is 13.5. The van der Waals surface area contributed by atoms with Crippen LogP contribution in [0, 0.1) is 5.92 Å². The Kier molecular flexibility index (Phi) is 6.40. The molecule has 2 amide bonds. The van der Waals surface area contributed by atoms with Gasteiger partial charge >= 0.3 is 6.03 Å². The number of carbonyl (C=O) groups excluding carboxylic acids is 1. The predicted octanol–water partition coefficient (Wildman–Crippen LogP) is 3.01. The van der Waals surface area contributed by atoms with E-state index in [2.05, 4.69) is 32.7 Å².